The summed E-state index contributed by atoms with van der Waals surface area (Å²) in [6.45, 7) is 1.25. The van der Waals surface area contributed by atoms with Crippen LogP contribution in [0.2, 0.25) is 5.02 Å². The third-order valence-electron chi connectivity index (χ3n) is 3.45. The third kappa shape index (κ3) is 4.51. The molecule has 21 heavy (non-hydrogen) atoms. The van der Waals surface area contributed by atoms with Gasteiger partial charge >= 0.3 is 0 Å². The molecule has 1 aromatic carbocycles. The molecule has 0 fully saturated rings. The van der Waals surface area contributed by atoms with Crippen molar-refractivity contribution in [1.29, 1.82) is 0 Å². The average Bonchev–Trinajstić information content (AvgIpc) is 2.67. The van der Waals surface area contributed by atoms with E-state index in [-0.39, 0.29) is 11.9 Å². The zero-order chi connectivity index (χ0) is 15.2. The number of unbranched alkanes of at least 4 members (excludes halogenated alkanes) is 1. The number of hydrogen-bond acceptors (Lipinski definition) is 4. The molecule has 0 saturated heterocycles. The number of carbonyl (C=O) groups excluding carboxylic acids is 1. The van der Waals surface area contributed by atoms with Crippen LogP contribution in [0.1, 0.15) is 43.7 Å². The van der Waals surface area contributed by atoms with Crippen molar-refractivity contribution in [2.75, 3.05) is 13.2 Å². The van der Waals surface area contributed by atoms with Gasteiger partial charge in [-0.25, -0.2) is 0 Å². The molecule has 1 aliphatic rings. The van der Waals surface area contributed by atoms with Gasteiger partial charge in [-0.3, -0.25) is 4.79 Å². The second kappa shape index (κ2) is 7.52. The van der Waals surface area contributed by atoms with E-state index in [9.17, 15) is 4.79 Å². The number of carbonyl (C=O) groups is 1. The van der Waals surface area contributed by atoms with E-state index in [1.807, 2.05) is 6.07 Å². The smallest absolute Gasteiger partial charge is 0.217 e. The molecule has 0 radical (unpaired) electrons. The molecule has 2 rings (SSSR count). The van der Waals surface area contributed by atoms with Crippen molar-refractivity contribution in [2.45, 2.75) is 38.1 Å². The maximum absolute atomic E-state index is 10.7. The molecule has 0 saturated carbocycles. The molecule has 1 unspecified atom stereocenters. The molecule has 0 bridgehead atoms. The standard InChI is InChI=1S/C15H21ClN2O3/c16-11-9-14-13(20-6-3-7-21-14)8-10(11)12(17)4-1-2-5-15(18)19/h8-9,12H,1-7,17H2,(H2,18,19). The molecule has 1 amide bonds. The average molecular weight is 313 g/mol. The number of hydrogen-bond donors (Lipinski definition) is 2. The Morgan fingerprint density at radius 2 is 1.90 bits per heavy atom. The summed E-state index contributed by atoms with van der Waals surface area (Å²) < 4.78 is 11.2. The van der Waals surface area contributed by atoms with Crippen LogP contribution in [0.3, 0.4) is 0 Å². The first-order chi connectivity index (χ1) is 10.1. The lowest BCUT2D eigenvalue weighted by atomic mass is 10.0. The lowest BCUT2D eigenvalue weighted by Crippen LogP contribution is -2.13. The van der Waals surface area contributed by atoms with Gasteiger partial charge in [0.15, 0.2) is 11.5 Å². The molecule has 0 aliphatic carbocycles. The van der Waals surface area contributed by atoms with Crippen LogP contribution in [0.5, 0.6) is 11.5 Å². The van der Waals surface area contributed by atoms with Crippen LogP contribution in [0, 0.1) is 0 Å². The highest BCUT2D eigenvalue weighted by Gasteiger charge is 2.17. The molecule has 1 atom stereocenters. The van der Waals surface area contributed by atoms with Gasteiger partial charge in [-0.15, -0.1) is 0 Å². The van der Waals surface area contributed by atoms with Crippen molar-refractivity contribution >= 4 is 17.5 Å². The summed E-state index contributed by atoms with van der Waals surface area (Å²) in [7, 11) is 0. The van der Waals surface area contributed by atoms with Crippen LogP contribution in [0.15, 0.2) is 12.1 Å². The largest absolute Gasteiger partial charge is 0.490 e. The Morgan fingerprint density at radius 3 is 2.57 bits per heavy atom. The molecule has 6 heteroatoms. The summed E-state index contributed by atoms with van der Waals surface area (Å²) in [5.74, 6) is 1.08. The molecule has 1 heterocycles. The molecular weight excluding hydrogens is 292 g/mol. The fourth-order valence-electron chi connectivity index (χ4n) is 2.30. The van der Waals surface area contributed by atoms with Gasteiger partial charge in [0, 0.05) is 30.0 Å². The van der Waals surface area contributed by atoms with Crippen LogP contribution >= 0.6 is 11.6 Å². The zero-order valence-corrected chi connectivity index (χ0v) is 12.7. The van der Waals surface area contributed by atoms with E-state index in [0.717, 1.165) is 31.2 Å². The predicted octanol–water partition coefficient (Wildman–Crippen LogP) is 2.55. The van der Waals surface area contributed by atoms with E-state index < -0.39 is 0 Å². The molecule has 4 N–H and O–H groups in total. The minimum absolute atomic E-state index is 0.192. The number of primary amides is 1. The molecule has 0 aromatic heterocycles. The Kier molecular flexibility index (Phi) is 5.70. The van der Waals surface area contributed by atoms with Crippen LogP contribution in [0.25, 0.3) is 0 Å². The second-order valence-corrected chi connectivity index (χ2v) is 5.60. The topological polar surface area (TPSA) is 87.6 Å². The molecule has 5 nitrogen and oxygen atoms in total. The van der Waals surface area contributed by atoms with Crippen molar-refractivity contribution in [3.8, 4) is 11.5 Å². The molecular formula is C15H21ClN2O3. The summed E-state index contributed by atoms with van der Waals surface area (Å²) in [6.07, 6.45) is 3.55. The Labute approximate surface area is 129 Å². The van der Waals surface area contributed by atoms with Crippen LogP contribution in [-0.2, 0) is 4.79 Å². The van der Waals surface area contributed by atoms with Crippen molar-refractivity contribution in [2.24, 2.45) is 11.5 Å². The van der Waals surface area contributed by atoms with Gasteiger partial charge in [0.2, 0.25) is 5.91 Å². The van der Waals surface area contributed by atoms with Crippen LogP contribution in [-0.4, -0.2) is 19.1 Å². The molecule has 1 aromatic rings. The van der Waals surface area contributed by atoms with Crippen molar-refractivity contribution in [1.82, 2.24) is 0 Å². The quantitative estimate of drug-likeness (QED) is 0.790. The Hall–Kier alpha value is -1.46. The fraction of sp³-hybridized carbons (Fsp3) is 0.533. The second-order valence-electron chi connectivity index (χ2n) is 5.19. The number of benzene rings is 1. The van der Waals surface area contributed by atoms with Crippen molar-refractivity contribution in [3.63, 3.8) is 0 Å². The summed E-state index contributed by atoms with van der Waals surface area (Å²) >= 11 is 6.28. The number of nitrogens with two attached hydrogens (primary N) is 2. The number of ether oxygens (including phenoxy) is 2. The normalized spacial score (nSPS) is 15.3. The van der Waals surface area contributed by atoms with Gasteiger partial charge in [-0.05, 0) is 24.5 Å². The maximum Gasteiger partial charge on any atom is 0.217 e. The summed E-state index contributed by atoms with van der Waals surface area (Å²) in [4.78, 5) is 10.7. The Bertz CT molecular complexity index is 508. The summed E-state index contributed by atoms with van der Waals surface area (Å²) in [5.41, 5.74) is 12.1. The number of rotatable bonds is 6. The lowest BCUT2D eigenvalue weighted by molar-refractivity contribution is -0.118. The first-order valence-electron chi connectivity index (χ1n) is 7.21. The number of amides is 1. The summed E-state index contributed by atoms with van der Waals surface area (Å²) in [6, 6.07) is 3.44. The lowest BCUT2D eigenvalue weighted by Gasteiger charge is -2.16. The van der Waals surface area contributed by atoms with E-state index >= 15 is 0 Å². The minimum Gasteiger partial charge on any atom is -0.490 e. The highest BCUT2D eigenvalue weighted by Crippen LogP contribution is 2.37. The number of halogens is 1. The monoisotopic (exact) mass is 312 g/mol. The van der Waals surface area contributed by atoms with E-state index in [1.54, 1.807) is 6.07 Å². The first-order valence-corrected chi connectivity index (χ1v) is 7.58. The van der Waals surface area contributed by atoms with Gasteiger partial charge in [-0.2, -0.15) is 0 Å². The van der Waals surface area contributed by atoms with Gasteiger partial charge < -0.3 is 20.9 Å². The van der Waals surface area contributed by atoms with E-state index in [1.165, 1.54) is 0 Å². The Balaban J connectivity index is 2.01. The van der Waals surface area contributed by atoms with Gasteiger partial charge in [0.05, 0.1) is 13.2 Å². The SMILES string of the molecule is NC(=O)CCCCC(N)c1cc2c(cc1Cl)OCCCO2. The van der Waals surface area contributed by atoms with E-state index in [0.29, 0.717) is 36.2 Å². The molecule has 1 aliphatic heterocycles. The highest BCUT2D eigenvalue weighted by atomic mass is 35.5. The van der Waals surface area contributed by atoms with Gasteiger partial charge in [0.25, 0.3) is 0 Å². The van der Waals surface area contributed by atoms with Crippen molar-refractivity contribution in [3.05, 3.63) is 22.7 Å². The third-order valence-corrected chi connectivity index (χ3v) is 3.78. The first kappa shape index (κ1) is 15.9. The van der Waals surface area contributed by atoms with E-state index in [2.05, 4.69) is 0 Å². The molecule has 116 valence electrons. The van der Waals surface area contributed by atoms with Gasteiger partial charge in [-0.1, -0.05) is 18.0 Å². The van der Waals surface area contributed by atoms with Gasteiger partial charge in [0.1, 0.15) is 0 Å². The fourth-order valence-corrected chi connectivity index (χ4v) is 2.60. The highest BCUT2D eigenvalue weighted by molar-refractivity contribution is 6.31. The number of fused-ring (bicyclic) bond motifs is 1. The van der Waals surface area contributed by atoms with Crippen molar-refractivity contribution < 1.29 is 14.3 Å². The van der Waals surface area contributed by atoms with E-state index in [4.69, 9.17) is 32.5 Å². The minimum atomic E-state index is -0.280. The van der Waals surface area contributed by atoms with Crippen LogP contribution < -0.4 is 20.9 Å². The Morgan fingerprint density at radius 1 is 1.24 bits per heavy atom. The predicted molar refractivity (Wildman–Crippen MR) is 81.6 cm³/mol. The van der Waals surface area contributed by atoms with Crippen LogP contribution in [0.4, 0.5) is 0 Å². The summed E-state index contributed by atoms with van der Waals surface area (Å²) in [5, 5.41) is 0.585. The zero-order valence-electron chi connectivity index (χ0n) is 11.9. The maximum atomic E-state index is 10.7. The molecule has 0 spiro atoms.